The lowest BCUT2D eigenvalue weighted by Gasteiger charge is -2.32. The van der Waals surface area contributed by atoms with Crippen molar-refractivity contribution in [2.45, 2.75) is 45.7 Å². The largest absolute Gasteiger partial charge is 0.356 e. The van der Waals surface area contributed by atoms with Crippen LogP contribution in [0.5, 0.6) is 0 Å². The second-order valence-corrected chi connectivity index (χ2v) is 8.34. The Bertz CT molecular complexity index is 958. The summed E-state index contributed by atoms with van der Waals surface area (Å²) in [5.41, 5.74) is 3.87. The van der Waals surface area contributed by atoms with Crippen molar-refractivity contribution in [1.29, 1.82) is 0 Å². The van der Waals surface area contributed by atoms with Gasteiger partial charge in [0.25, 0.3) is 0 Å². The molecular weight excluding hydrogens is 372 g/mol. The molecule has 1 aromatic carbocycles. The lowest BCUT2D eigenvalue weighted by atomic mass is 9.96. The number of piperidine rings is 1. The van der Waals surface area contributed by atoms with Gasteiger partial charge in [0.05, 0.1) is 0 Å². The average Bonchev–Trinajstić information content (AvgIpc) is 3.22. The number of likely N-dealkylation sites (tertiary alicyclic amines) is 1. The highest BCUT2D eigenvalue weighted by molar-refractivity contribution is 5.83. The summed E-state index contributed by atoms with van der Waals surface area (Å²) < 4.78 is 2.31. The minimum absolute atomic E-state index is 0.147. The highest BCUT2D eigenvalue weighted by atomic mass is 16.1. The fourth-order valence-corrected chi connectivity index (χ4v) is 4.44. The molecule has 0 atom stereocenters. The van der Waals surface area contributed by atoms with Crippen molar-refractivity contribution < 1.29 is 4.79 Å². The summed E-state index contributed by atoms with van der Waals surface area (Å²) in [6, 6.07) is 12.8. The van der Waals surface area contributed by atoms with Gasteiger partial charge in [-0.15, -0.1) is 0 Å². The summed E-state index contributed by atoms with van der Waals surface area (Å²) in [6.45, 7) is 7.20. The molecular formula is C25H32N4O. The smallest absolute Gasteiger partial charge is 0.220 e. The summed E-state index contributed by atoms with van der Waals surface area (Å²) in [4.78, 5) is 18.8. The maximum Gasteiger partial charge on any atom is 0.220 e. The van der Waals surface area contributed by atoms with Gasteiger partial charge >= 0.3 is 0 Å². The third-order valence-electron chi connectivity index (χ3n) is 6.30. The Morgan fingerprint density at radius 3 is 2.80 bits per heavy atom. The molecule has 0 aliphatic carbocycles. The number of benzene rings is 1. The van der Waals surface area contributed by atoms with Crippen LogP contribution in [0.2, 0.25) is 0 Å². The molecule has 4 rings (SSSR count). The number of hydrogen-bond acceptors (Lipinski definition) is 3. The Hall–Kier alpha value is -2.66. The highest BCUT2D eigenvalue weighted by Crippen LogP contribution is 2.24. The van der Waals surface area contributed by atoms with E-state index in [1.54, 1.807) is 6.20 Å². The predicted molar refractivity (Wildman–Crippen MR) is 121 cm³/mol. The SMILES string of the molecule is CCn1ccc2c(CN3CCC(CNC(=O)CCc4cccnc4)CC3)cccc21. The van der Waals surface area contributed by atoms with E-state index >= 15 is 0 Å². The van der Waals surface area contributed by atoms with Crippen molar-refractivity contribution in [1.82, 2.24) is 19.8 Å². The molecule has 0 unspecified atom stereocenters. The van der Waals surface area contributed by atoms with Gasteiger partial charge in [0, 0.05) is 55.5 Å². The number of carbonyl (C=O) groups excluding carboxylic acids is 1. The molecule has 0 bridgehead atoms. The van der Waals surface area contributed by atoms with Crippen LogP contribution in [-0.2, 0) is 24.3 Å². The van der Waals surface area contributed by atoms with E-state index in [2.05, 4.69) is 57.2 Å². The zero-order chi connectivity index (χ0) is 20.8. The van der Waals surface area contributed by atoms with Gasteiger partial charge in [0.15, 0.2) is 0 Å². The van der Waals surface area contributed by atoms with Crippen LogP contribution < -0.4 is 5.32 Å². The number of aryl methyl sites for hydroxylation is 2. The molecule has 2 aromatic heterocycles. The molecule has 5 heteroatoms. The van der Waals surface area contributed by atoms with E-state index in [4.69, 9.17) is 0 Å². The molecule has 0 saturated carbocycles. The molecule has 0 spiro atoms. The molecule has 0 radical (unpaired) electrons. The van der Waals surface area contributed by atoms with E-state index < -0.39 is 0 Å². The topological polar surface area (TPSA) is 50.2 Å². The maximum absolute atomic E-state index is 12.2. The van der Waals surface area contributed by atoms with E-state index in [-0.39, 0.29) is 5.91 Å². The molecule has 30 heavy (non-hydrogen) atoms. The Morgan fingerprint density at radius 2 is 2.03 bits per heavy atom. The minimum Gasteiger partial charge on any atom is -0.356 e. The number of rotatable bonds is 8. The van der Waals surface area contributed by atoms with Gasteiger partial charge < -0.3 is 9.88 Å². The minimum atomic E-state index is 0.147. The van der Waals surface area contributed by atoms with Crippen LogP contribution >= 0.6 is 0 Å². The molecule has 1 aliphatic heterocycles. The molecule has 1 saturated heterocycles. The number of aromatic nitrogens is 2. The normalized spacial score (nSPS) is 15.5. The third kappa shape index (κ3) is 5.08. The van der Waals surface area contributed by atoms with E-state index in [1.807, 2.05) is 18.3 Å². The molecule has 158 valence electrons. The monoisotopic (exact) mass is 404 g/mol. The standard InChI is InChI=1S/C25H32N4O/c1-2-29-16-12-23-22(6-3-7-24(23)29)19-28-14-10-21(11-15-28)18-27-25(30)9-8-20-5-4-13-26-17-20/h3-7,12-13,16-17,21H,2,8-11,14-15,18-19H2,1H3,(H,27,30). The molecule has 5 nitrogen and oxygen atoms in total. The Morgan fingerprint density at radius 1 is 1.17 bits per heavy atom. The zero-order valence-electron chi connectivity index (χ0n) is 17.9. The number of carbonyl (C=O) groups is 1. The van der Waals surface area contributed by atoms with Crippen molar-refractivity contribution >= 4 is 16.8 Å². The molecule has 1 aliphatic rings. The van der Waals surface area contributed by atoms with Crippen LogP contribution in [0.3, 0.4) is 0 Å². The fraction of sp³-hybridized carbons (Fsp3) is 0.440. The Labute approximate surface area is 179 Å². The van der Waals surface area contributed by atoms with Gasteiger partial charge in [-0.05, 0) is 74.5 Å². The summed E-state index contributed by atoms with van der Waals surface area (Å²) >= 11 is 0. The average molecular weight is 405 g/mol. The molecule has 1 N–H and O–H groups in total. The van der Waals surface area contributed by atoms with Gasteiger partial charge in [0.2, 0.25) is 5.91 Å². The van der Waals surface area contributed by atoms with Crippen LogP contribution in [0.1, 0.15) is 37.3 Å². The number of hydrogen-bond donors (Lipinski definition) is 1. The predicted octanol–water partition coefficient (Wildman–Crippen LogP) is 4.02. The van der Waals surface area contributed by atoms with Gasteiger partial charge in [-0.3, -0.25) is 14.7 Å². The summed E-state index contributed by atoms with van der Waals surface area (Å²) in [5.74, 6) is 0.731. The van der Waals surface area contributed by atoms with Crippen molar-refractivity contribution in [2.24, 2.45) is 5.92 Å². The van der Waals surface area contributed by atoms with Crippen molar-refractivity contribution in [2.75, 3.05) is 19.6 Å². The highest BCUT2D eigenvalue weighted by Gasteiger charge is 2.20. The summed E-state index contributed by atoms with van der Waals surface area (Å²) in [6.07, 6.45) is 9.37. The maximum atomic E-state index is 12.2. The number of fused-ring (bicyclic) bond motifs is 1. The van der Waals surface area contributed by atoms with Crippen LogP contribution in [0.4, 0.5) is 0 Å². The molecule has 1 amide bonds. The second-order valence-electron chi connectivity index (χ2n) is 8.34. The van der Waals surface area contributed by atoms with Gasteiger partial charge in [-0.25, -0.2) is 0 Å². The number of nitrogens with one attached hydrogen (secondary N) is 1. The number of amides is 1. The first-order chi connectivity index (χ1) is 14.7. The lowest BCUT2D eigenvalue weighted by molar-refractivity contribution is -0.121. The van der Waals surface area contributed by atoms with E-state index in [9.17, 15) is 4.79 Å². The van der Waals surface area contributed by atoms with Crippen LogP contribution in [0.25, 0.3) is 10.9 Å². The molecule has 3 aromatic rings. The fourth-order valence-electron chi connectivity index (χ4n) is 4.44. The quantitative estimate of drug-likeness (QED) is 0.617. The van der Waals surface area contributed by atoms with Gasteiger partial charge in [0.1, 0.15) is 0 Å². The van der Waals surface area contributed by atoms with Crippen LogP contribution in [-0.4, -0.2) is 40.0 Å². The van der Waals surface area contributed by atoms with E-state index in [0.29, 0.717) is 12.3 Å². The van der Waals surface area contributed by atoms with E-state index in [0.717, 1.165) is 57.5 Å². The summed E-state index contributed by atoms with van der Waals surface area (Å²) in [7, 11) is 0. The first-order valence-corrected chi connectivity index (χ1v) is 11.2. The van der Waals surface area contributed by atoms with Crippen molar-refractivity contribution in [3.63, 3.8) is 0 Å². The number of pyridine rings is 1. The Balaban J connectivity index is 1.21. The summed E-state index contributed by atoms with van der Waals surface area (Å²) in [5, 5.41) is 4.52. The third-order valence-corrected chi connectivity index (χ3v) is 6.30. The van der Waals surface area contributed by atoms with Crippen molar-refractivity contribution in [3.05, 3.63) is 66.1 Å². The van der Waals surface area contributed by atoms with Gasteiger partial charge in [-0.2, -0.15) is 0 Å². The van der Waals surface area contributed by atoms with Gasteiger partial charge in [-0.1, -0.05) is 18.2 Å². The first kappa shape index (κ1) is 20.6. The van der Waals surface area contributed by atoms with E-state index in [1.165, 1.54) is 16.5 Å². The molecule has 3 heterocycles. The number of nitrogens with zero attached hydrogens (tertiary/aromatic N) is 3. The lowest BCUT2D eigenvalue weighted by Crippen LogP contribution is -2.38. The zero-order valence-corrected chi connectivity index (χ0v) is 17.9. The Kier molecular flexibility index (Phi) is 6.80. The van der Waals surface area contributed by atoms with Crippen LogP contribution in [0, 0.1) is 5.92 Å². The molecule has 1 fully saturated rings. The second kappa shape index (κ2) is 9.90. The van der Waals surface area contributed by atoms with Crippen molar-refractivity contribution in [3.8, 4) is 0 Å². The van der Waals surface area contributed by atoms with Crippen LogP contribution in [0.15, 0.2) is 55.0 Å². The first-order valence-electron chi connectivity index (χ1n) is 11.2.